The van der Waals surface area contributed by atoms with Crippen LogP contribution in [-0.2, 0) is 11.3 Å². The van der Waals surface area contributed by atoms with Crippen LogP contribution in [0.1, 0.15) is 21.5 Å². The average Bonchev–Trinajstić information content (AvgIpc) is 2.78. The van der Waals surface area contributed by atoms with E-state index in [1.807, 2.05) is 26.0 Å². The summed E-state index contributed by atoms with van der Waals surface area (Å²) in [6.07, 6.45) is 1.31. The van der Waals surface area contributed by atoms with Gasteiger partial charge >= 0.3 is 5.97 Å². The van der Waals surface area contributed by atoms with Gasteiger partial charge in [-0.05, 0) is 25.5 Å². The smallest absolute Gasteiger partial charge is 0.327 e. The Morgan fingerprint density at radius 1 is 1.35 bits per heavy atom. The maximum Gasteiger partial charge on any atom is 0.327 e. The first-order valence-corrected chi connectivity index (χ1v) is 5.96. The molecule has 1 heterocycles. The van der Waals surface area contributed by atoms with E-state index in [-0.39, 0.29) is 18.3 Å². The van der Waals surface area contributed by atoms with Gasteiger partial charge in [0, 0.05) is 5.56 Å². The number of nitrogens with one attached hydrogen (secondary N) is 1. The van der Waals surface area contributed by atoms with Crippen molar-refractivity contribution in [2.45, 2.75) is 20.4 Å². The number of carboxylic acids is 1. The molecule has 7 nitrogen and oxygen atoms in total. The number of aryl methyl sites for hydroxylation is 2. The lowest BCUT2D eigenvalue weighted by atomic mass is 10.1. The van der Waals surface area contributed by atoms with Crippen LogP contribution >= 0.6 is 0 Å². The van der Waals surface area contributed by atoms with Gasteiger partial charge in [0.05, 0.1) is 6.20 Å². The van der Waals surface area contributed by atoms with E-state index in [0.29, 0.717) is 5.56 Å². The van der Waals surface area contributed by atoms with Gasteiger partial charge in [0.2, 0.25) is 0 Å². The Morgan fingerprint density at radius 3 is 2.80 bits per heavy atom. The summed E-state index contributed by atoms with van der Waals surface area (Å²) in [6.45, 7) is 3.40. The van der Waals surface area contributed by atoms with E-state index in [1.165, 1.54) is 6.20 Å². The zero-order valence-corrected chi connectivity index (χ0v) is 11.1. The maximum atomic E-state index is 12.1. The van der Waals surface area contributed by atoms with Crippen molar-refractivity contribution in [1.29, 1.82) is 0 Å². The van der Waals surface area contributed by atoms with Crippen LogP contribution in [0.5, 0.6) is 0 Å². The van der Waals surface area contributed by atoms with Crippen LogP contribution in [0.3, 0.4) is 0 Å². The predicted molar refractivity (Wildman–Crippen MR) is 71.5 cm³/mol. The molecule has 104 valence electrons. The second-order valence-corrected chi connectivity index (χ2v) is 4.43. The minimum absolute atomic E-state index is 0.220. The largest absolute Gasteiger partial charge is 0.480 e. The lowest BCUT2D eigenvalue weighted by Gasteiger charge is -2.06. The van der Waals surface area contributed by atoms with E-state index in [4.69, 9.17) is 5.11 Å². The van der Waals surface area contributed by atoms with E-state index in [0.717, 1.165) is 15.9 Å². The number of carbonyl (C=O) groups excluding carboxylic acids is 1. The summed E-state index contributed by atoms with van der Waals surface area (Å²) in [4.78, 5) is 23.6. The molecular formula is C13H14N4O3. The summed E-state index contributed by atoms with van der Waals surface area (Å²) in [5, 5.41) is 18.8. The molecule has 20 heavy (non-hydrogen) atoms. The van der Waals surface area contributed by atoms with E-state index >= 15 is 0 Å². The third kappa shape index (κ3) is 3.19. The van der Waals surface area contributed by atoms with Gasteiger partial charge in [-0.3, -0.25) is 9.59 Å². The van der Waals surface area contributed by atoms with Crippen molar-refractivity contribution in [3.63, 3.8) is 0 Å². The van der Waals surface area contributed by atoms with E-state index in [9.17, 15) is 9.59 Å². The van der Waals surface area contributed by atoms with Gasteiger partial charge in [0.1, 0.15) is 0 Å². The van der Waals surface area contributed by atoms with Crippen LogP contribution in [0.2, 0.25) is 0 Å². The summed E-state index contributed by atoms with van der Waals surface area (Å²) in [5.41, 5.74) is 2.39. The summed E-state index contributed by atoms with van der Waals surface area (Å²) in [5.74, 6) is -1.13. The fraction of sp³-hybridized carbons (Fsp3) is 0.231. The summed E-state index contributed by atoms with van der Waals surface area (Å²) < 4.78 is 0. The number of nitrogens with zero attached hydrogens (tertiary/aromatic N) is 3. The third-order valence-electron chi connectivity index (χ3n) is 2.69. The monoisotopic (exact) mass is 274 g/mol. The molecule has 0 spiro atoms. The van der Waals surface area contributed by atoms with Crippen LogP contribution < -0.4 is 5.32 Å². The Hall–Kier alpha value is -2.70. The highest BCUT2D eigenvalue weighted by atomic mass is 16.4. The summed E-state index contributed by atoms with van der Waals surface area (Å²) >= 11 is 0. The number of carboxylic acid groups (broad SMARTS) is 1. The van der Waals surface area contributed by atoms with Gasteiger partial charge in [-0.15, -0.1) is 5.10 Å². The number of aliphatic carboxylic acids is 1. The summed E-state index contributed by atoms with van der Waals surface area (Å²) in [7, 11) is 0. The Bertz CT molecular complexity index is 663. The molecule has 2 aromatic rings. The normalized spacial score (nSPS) is 10.3. The number of hydrogen-bond acceptors (Lipinski definition) is 4. The minimum atomic E-state index is -1.05. The highest BCUT2D eigenvalue weighted by molar-refractivity contribution is 6.04. The molecule has 0 aliphatic heterocycles. The zero-order chi connectivity index (χ0) is 14.7. The molecule has 0 saturated carbocycles. The number of carbonyl (C=O) groups is 2. The van der Waals surface area contributed by atoms with Gasteiger partial charge in [0.25, 0.3) is 5.91 Å². The molecule has 0 fully saturated rings. The first-order valence-electron chi connectivity index (χ1n) is 5.96. The number of rotatable bonds is 4. The number of anilines is 1. The highest BCUT2D eigenvalue weighted by Crippen LogP contribution is 2.12. The van der Waals surface area contributed by atoms with Crippen molar-refractivity contribution in [3.05, 3.63) is 41.1 Å². The second kappa shape index (κ2) is 5.52. The molecule has 0 radical (unpaired) electrons. The number of hydrogen-bond donors (Lipinski definition) is 2. The van der Waals surface area contributed by atoms with Crippen molar-refractivity contribution < 1.29 is 14.7 Å². The molecule has 0 saturated heterocycles. The van der Waals surface area contributed by atoms with E-state index < -0.39 is 5.97 Å². The van der Waals surface area contributed by atoms with Crippen LogP contribution in [0.4, 0.5) is 5.82 Å². The average molecular weight is 274 g/mol. The first-order chi connectivity index (χ1) is 9.45. The molecule has 2 rings (SSSR count). The Balaban J connectivity index is 2.13. The molecule has 0 atom stereocenters. The van der Waals surface area contributed by atoms with Gasteiger partial charge in [-0.25, -0.2) is 0 Å². The maximum absolute atomic E-state index is 12.1. The minimum Gasteiger partial charge on any atom is -0.480 e. The van der Waals surface area contributed by atoms with Crippen molar-refractivity contribution >= 4 is 17.7 Å². The number of amides is 1. The van der Waals surface area contributed by atoms with E-state index in [1.54, 1.807) is 6.07 Å². The lowest BCUT2D eigenvalue weighted by Crippen LogP contribution is -2.15. The molecule has 7 heteroatoms. The van der Waals surface area contributed by atoms with Gasteiger partial charge < -0.3 is 10.4 Å². The topological polar surface area (TPSA) is 97.1 Å². The Kier molecular flexibility index (Phi) is 3.79. The molecule has 0 aliphatic carbocycles. The van der Waals surface area contributed by atoms with Crippen molar-refractivity contribution in [2.75, 3.05) is 5.32 Å². The molecule has 1 aromatic heterocycles. The molecule has 1 aromatic carbocycles. The van der Waals surface area contributed by atoms with Gasteiger partial charge in [0.15, 0.2) is 12.4 Å². The molecule has 0 aliphatic rings. The molecular weight excluding hydrogens is 260 g/mol. The fourth-order valence-electron chi connectivity index (χ4n) is 1.72. The standard InChI is InChI=1S/C13H14N4O3/c1-8-3-4-9(2)10(5-8)13(20)15-11-6-14-17(16-11)7-12(18)19/h3-6H,7H2,1-2H3,(H,18,19)(H,15,16,20). The molecule has 1 amide bonds. The zero-order valence-electron chi connectivity index (χ0n) is 11.1. The molecule has 0 bridgehead atoms. The first kappa shape index (κ1) is 13.7. The third-order valence-corrected chi connectivity index (χ3v) is 2.69. The number of aromatic nitrogens is 3. The Labute approximate surface area is 115 Å². The van der Waals surface area contributed by atoms with Crippen molar-refractivity contribution in [1.82, 2.24) is 15.0 Å². The molecule has 2 N–H and O–H groups in total. The van der Waals surface area contributed by atoms with Gasteiger partial charge in [-0.2, -0.15) is 9.90 Å². The van der Waals surface area contributed by atoms with Crippen LogP contribution in [0.15, 0.2) is 24.4 Å². The molecule has 0 unspecified atom stereocenters. The Morgan fingerprint density at radius 2 is 2.10 bits per heavy atom. The lowest BCUT2D eigenvalue weighted by molar-refractivity contribution is -0.138. The highest BCUT2D eigenvalue weighted by Gasteiger charge is 2.12. The van der Waals surface area contributed by atoms with Crippen molar-refractivity contribution in [2.24, 2.45) is 0 Å². The SMILES string of the molecule is Cc1ccc(C)c(C(=O)Nc2cnn(CC(=O)O)n2)c1. The van der Waals surface area contributed by atoms with Crippen LogP contribution in [0, 0.1) is 13.8 Å². The second-order valence-electron chi connectivity index (χ2n) is 4.43. The van der Waals surface area contributed by atoms with E-state index in [2.05, 4.69) is 15.5 Å². The van der Waals surface area contributed by atoms with Crippen LogP contribution in [0.25, 0.3) is 0 Å². The van der Waals surface area contributed by atoms with Gasteiger partial charge in [-0.1, -0.05) is 17.7 Å². The summed E-state index contributed by atoms with van der Waals surface area (Å²) in [6, 6.07) is 5.58. The quantitative estimate of drug-likeness (QED) is 0.874. The van der Waals surface area contributed by atoms with Crippen molar-refractivity contribution in [3.8, 4) is 0 Å². The fourth-order valence-corrected chi connectivity index (χ4v) is 1.72. The predicted octanol–water partition coefficient (Wildman–Crippen LogP) is 1.23. The number of benzene rings is 1. The van der Waals surface area contributed by atoms with Crippen LogP contribution in [-0.4, -0.2) is 32.0 Å².